The van der Waals surface area contributed by atoms with Crippen molar-refractivity contribution < 1.29 is 4.74 Å². The minimum absolute atomic E-state index is 0.0493. The van der Waals surface area contributed by atoms with Crippen LogP contribution < -0.4 is 4.74 Å². The third kappa shape index (κ3) is 3.86. The molecule has 0 fully saturated rings. The normalized spacial score (nSPS) is 11.0. The Hall–Kier alpha value is -2.27. The Morgan fingerprint density at radius 3 is 2.29 bits per heavy atom. The first kappa shape index (κ1) is 15.1. The summed E-state index contributed by atoms with van der Waals surface area (Å²) in [6, 6.07) is 16.0. The minimum Gasteiger partial charge on any atom is -0.489 e. The first-order valence-corrected chi connectivity index (χ1v) is 7.13. The third-order valence-corrected chi connectivity index (χ3v) is 3.42. The first-order valence-electron chi connectivity index (χ1n) is 7.13. The van der Waals surface area contributed by atoms with Crippen molar-refractivity contribution in [1.82, 2.24) is 0 Å². The van der Waals surface area contributed by atoms with Crippen LogP contribution in [0.5, 0.6) is 5.75 Å². The van der Waals surface area contributed by atoms with Crippen LogP contribution in [-0.2, 0) is 12.0 Å². The molecule has 2 heteroatoms. The lowest BCUT2D eigenvalue weighted by Gasteiger charge is -2.23. The van der Waals surface area contributed by atoms with Gasteiger partial charge in [-0.25, -0.2) is 0 Å². The van der Waals surface area contributed by atoms with Crippen LogP contribution in [0.25, 0.3) is 0 Å². The maximum Gasteiger partial charge on any atom is 0.123 e. The maximum absolute atomic E-state index is 8.81. The number of hydrogen-bond acceptors (Lipinski definition) is 2. The van der Waals surface area contributed by atoms with Crippen LogP contribution in [-0.4, -0.2) is 0 Å². The van der Waals surface area contributed by atoms with Crippen molar-refractivity contribution in [3.63, 3.8) is 0 Å². The van der Waals surface area contributed by atoms with Crippen molar-refractivity contribution in [1.29, 1.82) is 5.26 Å². The average Bonchev–Trinajstić information content (AvgIpc) is 2.44. The van der Waals surface area contributed by atoms with Crippen LogP contribution >= 0.6 is 0 Å². The number of nitriles is 1. The summed E-state index contributed by atoms with van der Waals surface area (Å²) in [6.45, 7) is 9.14. The van der Waals surface area contributed by atoms with Gasteiger partial charge in [0, 0.05) is 0 Å². The Bertz CT molecular complexity index is 657. The van der Waals surface area contributed by atoms with Gasteiger partial charge in [-0.15, -0.1) is 0 Å². The second kappa shape index (κ2) is 6.01. The molecule has 0 bridgehead atoms. The topological polar surface area (TPSA) is 33.0 Å². The molecule has 0 aliphatic rings. The third-order valence-electron chi connectivity index (χ3n) is 3.42. The number of ether oxygens (including phenoxy) is 1. The molecule has 2 rings (SSSR count). The molecule has 0 atom stereocenters. The molecule has 0 amide bonds. The molecule has 0 aliphatic heterocycles. The van der Waals surface area contributed by atoms with E-state index in [1.165, 1.54) is 11.1 Å². The highest BCUT2D eigenvalue weighted by Gasteiger charge is 2.18. The van der Waals surface area contributed by atoms with Gasteiger partial charge in [-0.1, -0.05) is 45.0 Å². The fraction of sp³-hybridized carbons (Fsp3) is 0.316. The zero-order valence-electron chi connectivity index (χ0n) is 13.1. The van der Waals surface area contributed by atoms with Crippen LogP contribution in [0, 0.1) is 18.3 Å². The summed E-state index contributed by atoms with van der Waals surface area (Å²) < 4.78 is 6.02. The summed E-state index contributed by atoms with van der Waals surface area (Å²) >= 11 is 0. The second-order valence-corrected chi connectivity index (χ2v) is 6.35. The number of aryl methyl sites for hydroxylation is 1. The highest BCUT2D eigenvalue weighted by Crippen LogP contribution is 2.32. The molecule has 0 unspecified atom stereocenters. The molecule has 2 nitrogen and oxygen atoms in total. The van der Waals surface area contributed by atoms with E-state index in [-0.39, 0.29) is 5.41 Å². The maximum atomic E-state index is 8.81. The predicted molar refractivity (Wildman–Crippen MR) is 85.4 cm³/mol. The van der Waals surface area contributed by atoms with Gasteiger partial charge in [-0.2, -0.15) is 5.26 Å². The Labute approximate surface area is 127 Å². The van der Waals surface area contributed by atoms with Gasteiger partial charge < -0.3 is 4.74 Å². The zero-order chi connectivity index (χ0) is 15.5. The summed E-state index contributed by atoms with van der Waals surface area (Å²) in [7, 11) is 0. The molecule has 0 aliphatic carbocycles. The molecule has 0 heterocycles. The van der Waals surface area contributed by atoms with Gasteiger partial charge in [0.25, 0.3) is 0 Å². The van der Waals surface area contributed by atoms with Crippen LogP contribution in [0.1, 0.15) is 43.0 Å². The minimum atomic E-state index is 0.0493. The van der Waals surface area contributed by atoms with Gasteiger partial charge in [-0.3, -0.25) is 0 Å². The van der Waals surface area contributed by atoms with Gasteiger partial charge in [0.05, 0.1) is 11.6 Å². The average molecular weight is 279 g/mol. The zero-order valence-corrected chi connectivity index (χ0v) is 13.1. The second-order valence-electron chi connectivity index (χ2n) is 6.35. The van der Waals surface area contributed by atoms with Gasteiger partial charge >= 0.3 is 0 Å². The Morgan fingerprint density at radius 2 is 1.71 bits per heavy atom. The molecule has 0 aromatic heterocycles. The predicted octanol–water partition coefficient (Wildman–Crippen LogP) is 4.74. The molecular formula is C19H21NO. The van der Waals surface area contributed by atoms with Crippen molar-refractivity contribution in [2.45, 2.75) is 39.7 Å². The largest absolute Gasteiger partial charge is 0.489 e. The lowest BCUT2D eigenvalue weighted by Crippen LogP contribution is -2.13. The smallest absolute Gasteiger partial charge is 0.123 e. The van der Waals surface area contributed by atoms with E-state index < -0.39 is 0 Å². The molecule has 2 aromatic carbocycles. The SMILES string of the molecule is Cc1ccc(C(C)(C)C)c(OCc2ccc(C#N)cc2)c1. The number of benzene rings is 2. The highest BCUT2D eigenvalue weighted by molar-refractivity contribution is 5.41. The van der Waals surface area contributed by atoms with Crippen molar-refractivity contribution in [3.05, 3.63) is 64.7 Å². The van der Waals surface area contributed by atoms with Crippen molar-refractivity contribution >= 4 is 0 Å². The Kier molecular flexibility index (Phi) is 4.33. The van der Waals surface area contributed by atoms with E-state index >= 15 is 0 Å². The van der Waals surface area contributed by atoms with Gasteiger partial charge in [-0.05, 0) is 47.2 Å². The quantitative estimate of drug-likeness (QED) is 0.812. The van der Waals surface area contributed by atoms with Crippen LogP contribution in [0.15, 0.2) is 42.5 Å². The molecule has 0 saturated carbocycles. The van der Waals surface area contributed by atoms with E-state index in [1.807, 2.05) is 24.3 Å². The molecular weight excluding hydrogens is 258 g/mol. The van der Waals surface area contributed by atoms with Crippen molar-refractivity contribution in [2.75, 3.05) is 0 Å². The lowest BCUT2D eigenvalue weighted by molar-refractivity contribution is 0.297. The highest BCUT2D eigenvalue weighted by atomic mass is 16.5. The van der Waals surface area contributed by atoms with E-state index in [0.29, 0.717) is 12.2 Å². The van der Waals surface area contributed by atoms with E-state index in [4.69, 9.17) is 10.00 Å². The summed E-state index contributed by atoms with van der Waals surface area (Å²) in [6.07, 6.45) is 0. The van der Waals surface area contributed by atoms with Gasteiger partial charge in [0.1, 0.15) is 12.4 Å². The molecule has 0 saturated heterocycles. The van der Waals surface area contributed by atoms with Crippen LogP contribution in [0.2, 0.25) is 0 Å². The standard InChI is InChI=1S/C19H21NO/c1-14-5-10-17(19(2,3)4)18(11-14)21-13-16-8-6-15(12-20)7-9-16/h5-11H,13H2,1-4H3. The Morgan fingerprint density at radius 1 is 1.05 bits per heavy atom. The van der Waals surface area contributed by atoms with E-state index in [2.05, 4.69) is 52.0 Å². The molecule has 0 spiro atoms. The van der Waals surface area contributed by atoms with Gasteiger partial charge in [0.2, 0.25) is 0 Å². The molecule has 2 aromatic rings. The van der Waals surface area contributed by atoms with E-state index in [9.17, 15) is 0 Å². The first-order chi connectivity index (χ1) is 9.90. The molecule has 0 radical (unpaired) electrons. The fourth-order valence-electron chi connectivity index (χ4n) is 2.21. The summed E-state index contributed by atoms with van der Waals surface area (Å²) in [5.41, 5.74) is 4.19. The number of hydrogen-bond donors (Lipinski definition) is 0. The van der Waals surface area contributed by atoms with E-state index in [1.54, 1.807) is 0 Å². The van der Waals surface area contributed by atoms with Crippen LogP contribution in [0.3, 0.4) is 0 Å². The van der Waals surface area contributed by atoms with Crippen molar-refractivity contribution in [2.24, 2.45) is 0 Å². The van der Waals surface area contributed by atoms with Crippen molar-refractivity contribution in [3.8, 4) is 11.8 Å². The molecule has 21 heavy (non-hydrogen) atoms. The number of rotatable bonds is 3. The summed E-state index contributed by atoms with van der Waals surface area (Å²) in [5.74, 6) is 0.937. The van der Waals surface area contributed by atoms with Crippen LogP contribution in [0.4, 0.5) is 0 Å². The lowest BCUT2D eigenvalue weighted by atomic mass is 9.86. The number of nitrogens with zero attached hydrogens (tertiary/aromatic N) is 1. The molecule has 108 valence electrons. The fourth-order valence-corrected chi connectivity index (χ4v) is 2.21. The summed E-state index contributed by atoms with van der Waals surface area (Å²) in [5, 5.41) is 8.81. The monoisotopic (exact) mass is 279 g/mol. The Balaban J connectivity index is 2.19. The molecule has 0 N–H and O–H groups in total. The van der Waals surface area contributed by atoms with E-state index in [0.717, 1.165) is 11.3 Å². The summed E-state index contributed by atoms with van der Waals surface area (Å²) in [4.78, 5) is 0. The van der Waals surface area contributed by atoms with Gasteiger partial charge in [0.15, 0.2) is 0 Å².